The molecule has 3 rings (SSSR count). The van der Waals surface area contributed by atoms with Crippen LogP contribution in [0.1, 0.15) is 13.3 Å². The molecule has 3 aromatic rings. The quantitative estimate of drug-likeness (QED) is 0.662. The fraction of sp³-hybridized carbons (Fsp3) is 0.273. The summed E-state index contributed by atoms with van der Waals surface area (Å²) < 4.78 is 1.75. The number of nitrogens with zero attached hydrogens (tertiary/aromatic N) is 5. The van der Waals surface area contributed by atoms with Crippen LogP contribution in [0.15, 0.2) is 29.3 Å². The first kappa shape index (κ1) is 10.5. The van der Waals surface area contributed by atoms with Crippen LogP contribution in [0.2, 0.25) is 0 Å². The number of tetrazole rings is 1. The molecule has 2 aromatic heterocycles. The van der Waals surface area contributed by atoms with Crippen molar-refractivity contribution in [2.45, 2.75) is 18.4 Å². The zero-order valence-corrected chi connectivity index (χ0v) is 10.2. The second kappa shape index (κ2) is 4.29. The number of hydrogen-bond acceptors (Lipinski definition) is 5. The van der Waals surface area contributed by atoms with E-state index in [0.717, 1.165) is 33.9 Å². The lowest BCUT2D eigenvalue weighted by atomic mass is 10.3. The zero-order valence-electron chi connectivity index (χ0n) is 9.37. The number of para-hydroxylation sites is 2. The molecule has 0 fully saturated rings. The lowest BCUT2D eigenvalue weighted by Crippen LogP contribution is -1.96. The van der Waals surface area contributed by atoms with Gasteiger partial charge < -0.3 is 0 Å². The van der Waals surface area contributed by atoms with Gasteiger partial charge in [-0.15, -0.1) is 16.9 Å². The maximum atomic E-state index is 4.61. The summed E-state index contributed by atoms with van der Waals surface area (Å²) in [6.07, 6.45) is 1.10. The van der Waals surface area contributed by atoms with Crippen molar-refractivity contribution in [1.82, 2.24) is 25.0 Å². The van der Waals surface area contributed by atoms with Gasteiger partial charge in [-0.25, -0.2) is 4.98 Å². The van der Waals surface area contributed by atoms with E-state index in [1.54, 1.807) is 16.3 Å². The Bertz CT molecular complexity index is 663. The summed E-state index contributed by atoms with van der Waals surface area (Å²) in [5.74, 6) is 1.02. The highest BCUT2D eigenvalue weighted by atomic mass is 32.2. The molecule has 0 aliphatic heterocycles. The van der Waals surface area contributed by atoms with Crippen molar-refractivity contribution >= 4 is 28.4 Å². The van der Waals surface area contributed by atoms with Gasteiger partial charge >= 0.3 is 0 Å². The molecule has 0 spiro atoms. The number of benzene rings is 1. The summed E-state index contributed by atoms with van der Waals surface area (Å²) in [6.45, 7) is 2.15. The Morgan fingerprint density at radius 2 is 2.18 bits per heavy atom. The summed E-state index contributed by atoms with van der Waals surface area (Å²) in [5, 5.41) is 12.7. The molecular formula is C11H11N5S. The smallest absolute Gasteiger partial charge is 0.212 e. The van der Waals surface area contributed by atoms with Crippen molar-refractivity contribution in [3.05, 3.63) is 24.3 Å². The van der Waals surface area contributed by atoms with Crippen molar-refractivity contribution in [2.24, 2.45) is 0 Å². The molecule has 0 bridgehead atoms. The second-order valence-electron chi connectivity index (χ2n) is 3.67. The molecule has 17 heavy (non-hydrogen) atoms. The van der Waals surface area contributed by atoms with Crippen molar-refractivity contribution in [3.63, 3.8) is 0 Å². The van der Waals surface area contributed by atoms with Gasteiger partial charge in [-0.05, 0) is 34.7 Å². The van der Waals surface area contributed by atoms with Crippen LogP contribution in [0.4, 0.5) is 0 Å². The molecule has 86 valence electrons. The van der Waals surface area contributed by atoms with Crippen LogP contribution in [-0.2, 0) is 0 Å². The molecule has 0 aliphatic rings. The molecule has 0 saturated heterocycles. The number of rotatable bonds is 3. The van der Waals surface area contributed by atoms with Crippen LogP contribution in [0.5, 0.6) is 0 Å². The van der Waals surface area contributed by atoms with Gasteiger partial charge in [0.15, 0.2) is 0 Å². The molecule has 0 atom stereocenters. The molecule has 2 heterocycles. The van der Waals surface area contributed by atoms with E-state index in [0.29, 0.717) is 0 Å². The van der Waals surface area contributed by atoms with Gasteiger partial charge in [-0.3, -0.25) is 0 Å². The summed E-state index contributed by atoms with van der Waals surface area (Å²) in [4.78, 5) is 4.61. The normalized spacial score (nSPS) is 11.4. The van der Waals surface area contributed by atoms with Gasteiger partial charge in [-0.2, -0.15) is 4.52 Å². The number of aromatic nitrogens is 5. The molecule has 0 amide bonds. The van der Waals surface area contributed by atoms with E-state index in [4.69, 9.17) is 0 Å². The monoisotopic (exact) mass is 245 g/mol. The Hall–Kier alpha value is -1.69. The van der Waals surface area contributed by atoms with Gasteiger partial charge in [0.2, 0.25) is 5.65 Å². The molecule has 1 aromatic carbocycles. The van der Waals surface area contributed by atoms with Crippen LogP contribution >= 0.6 is 11.8 Å². The van der Waals surface area contributed by atoms with Crippen molar-refractivity contribution in [3.8, 4) is 0 Å². The van der Waals surface area contributed by atoms with E-state index >= 15 is 0 Å². The molecule has 0 saturated carbocycles. The minimum absolute atomic E-state index is 0.738. The summed E-state index contributed by atoms with van der Waals surface area (Å²) in [7, 11) is 0. The van der Waals surface area contributed by atoms with Crippen molar-refractivity contribution in [1.29, 1.82) is 0 Å². The van der Waals surface area contributed by atoms with E-state index in [-0.39, 0.29) is 0 Å². The van der Waals surface area contributed by atoms with Gasteiger partial charge in [0.05, 0.1) is 11.0 Å². The number of fused-ring (bicyclic) bond motifs is 3. The lowest BCUT2D eigenvalue weighted by Gasteiger charge is -2.03. The Morgan fingerprint density at radius 1 is 1.29 bits per heavy atom. The van der Waals surface area contributed by atoms with Gasteiger partial charge in [0.25, 0.3) is 0 Å². The maximum Gasteiger partial charge on any atom is 0.212 e. The summed E-state index contributed by atoms with van der Waals surface area (Å²) >= 11 is 1.69. The minimum atomic E-state index is 0.738. The van der Waals surface area contributed by atoms with Crippen molar-refractivity contribution in [2.75, 3.05) is 5.75 Å². The fourth-order valence-corrected chi connectivity index (χ4v) is 2.49. The Labute approximate surface area is 102 Å². The Balaban J connectivity index is 2.28. The van der Waals surface area contributed by atoms with Crippen LogP contribution in [0.25, 0.3) is 16.7 Å². The zero-order chi connectivity index (χ0) is 11.7. The van der Waals surface area contributed by atoms with E-state index in [1.807, 2.05) is 24.3 Å². The molecule has 0 aliphatic carbocycles. The molecule has 0 unspecified atom stereocenters. The first-order valence-electron chi connectivity index (χ1n) is 5.50. The van der Waals surface area contributed by atoms with Crippen LogP contribution < -0.4 is 0 Å². The van der Waals surface area contributed by atoms with E-state index in [2.05, 4.69) is 27.4 Å². The standard InChI is InChI=1S/C11H11N5S/c1-2-7-17-11-10-13-14-15-16(10)9-6-4-3-5-8(9)12-11/h3-6H,2,7H2,1H3. The Kier molecular flexibility index (Phi) is 2.64. The minimum Gasteiger partial charge on any atom is -0.236 e. The van der Waals surface area contributed by atoms with Gasteiger partial charge in [-0.1, -0.05) is 19.1 Å². The highest BCUT2D eigenvalue weighted by molar-refractivity contribution is 7.99. The Morgan fingerprint density at radius 3 is 3.06 bits per heavy atom. The first-order chi connectivity index (χ1) is 8.40. The molecule has 6 heteroatoms. The molecule has 5 nitrogen and oxygen atoms in total. The number of hydrogen-bond donors (Lipinski definition) is 0. The van der Waals surface area contributed by atoms with Crippen LogP contribution in [0.3, 0.4) is 0 Å². The second-order valence-corrected chi connectivity index (χ2v) is 4.75. The molecular weight excluding hydrogens is 234 g/mol. The van der Waals surface area contributed by atoms with Crippen LogP contribution in [0, 0.1) is 0 Å². The third kappa shape index (κ3) is 1.74. The van der Waals surface area contributed by atoms with Crippen LogP contribution in [-0.4, -0.2) is 30.8 Å². The van der Waals surface area contributed by atoms with Crippen molar-refractivity contribution < 1.29 is 0 Å². The predicted molar refractivity (Wildman–Crippen MR) is 67.1 cm³/mol. The van der Waals surface area contributed by atoms with E-state index in [9.17, 15) is 0 Å². The number of thioether (sulfide) groups is 1. The van der Waals surface area contributed by atoms with E-state index in [1.165, 1.54) is 0 Å². The fourth-order valence-electron chi connectivity index (χ4n) is 1.68. The summed E-state index contributed by atoms with van der Waals surface area (Å²) in [6, 6.07) is 7.89. The third-order valence-electron chi connectivity index (χ3n) is 2.44. The largest absolute Gasteiger partial charge is 0.236 e. The van der Waals surface area contributed by atoms with Gasteiger partial charge in [0, 0.05) is 0 Å². The first-order valence-corrected chi connectivity index (χ1v) is 6.48. The van der Waals surface area contributed by atoms with E-state index < -0.39 is 0 Å². The lowest BCUT2D eigenvalue weighted by molar-refractivity contribution is 0.839. The maximum absolute atomic E-state index is 4.61. The highest BCUT2D eigenvalue weighted by Gasteiger charge is 2.10. The average molecular weight is 245 g/mol. The highest BCUT2D eigenvalue weighted by Crippen LogP contribution is 2.23. The van der Waals surface area contributed by atoms with Gasteiger partial charge in [0.1, 0.15) is 5.03 Å². The predicted octanol–water partition coefficient (Wildman–Crippen LogP) is 2.17. The third-order valence-corrected chi connectivity index (χ3v) is 3.60. The molecule has 0 N–H and O–H groups in total. The average Bonchev–Trinajstić information content (AvgIpc) is 2.85. The summed E-state index contributed by atoms with van der Waals surface area (Å²) in [5.41, 5.74) is 2.60. The molecule has 0 radical (unpaired) electrons. The SMILES string of the molecule is CCCSc1nc2ccccc2n2nnnc12. The topological polar surface area (TPSA) is 56.0 Å².